The van der Waals surface area contributed by atoms with Crippen LogP contribution in [0.1, 0.15) is 32.4 Å². The standard InChI is InChI=1S/C11H19BrN2O3S/c1-3-8(4-2)7-14-18(15,16)10-5-9(6-13)17-11(10)12/h5,8,14H,3-4,6-7,13H2,1-2H3. The Morgan fingerprint density at radius 3 is 2.50 bits per heavy atom. The normalized spacial score (nSPS) is 12.3. The molecule has 0 aliphatic heterocycles. The van der Waals surface area contributed by atoms with Crippen molar-refractivity contribution in [2.24, 2.45) is 11.7 Å². The van der Waals surface area contributed by atoms with Crippen LogP contribution >= 0.6 is 15.9 Å². The fraction of sp³-hybridized carbons (Fsp3) is 0.636. The number of nitrogens with two attached hydrogens (primary N) is 1. The summed E-state index contributed by atoms with van der Waals surface area (Å²) in [6, 6.07) is 1.44. The molecule has 0 atom stereocenters. The van der Waals surface area contributed by atoms with Gasteiger partial charge in [-0.25, -0.2) is 13.1 Å². The van der Waals surface area contributed by atoms with Crippen LogP contribution < -0.4 is 10.5 Å². The molecule has 0 saturated carbocycles. The van der Waals surface area contributed by atoms with E-state index in [0.29, 0.717) is 18.2 Å². The molecule has 1 aromatic heterocycles. The summed E-state index contributed by atoms with van der Waals surface area (Å²) >= 11 is 3.09. The molecule has 0 aliphatic carbocycles. The average molecular weight is 339 g/mol. The fourth-order valence-electron chi connectivity index (χ4n) is 1.56. The van der Waals surface area contributed by atoms with Crippen molar-refractivity contribution in [3.05, 3.63) is 16.5 Å². The first-order valence-electron chi connectivity index (χ1n) is 5.92. The molecule has 18 heavy (non-hydrogen) atoms. The molecular weight excluding hydrogens is 320 g/mol. The van der Waals surface area contributed by atoms with Crippen LogP contribution in [0.2, 0.25) is 0 Å². The topological polar surface area (TPSA) is 85.3 Å². The third-order valence-electron chi connectivity index (χ3n) is 2.91. The molecular formula is C11H19BrN2O3S. The summed E-state index contributed by atoms with van der Waals surface area (Å²) in [5.41, 5.74) is 5.41. The van der Waals surface area contributed by atoms with Crippen LogP contribution in [0.3, 0.4) is 0 Å². The Labute approximate surface area is 116 Å². The van der Waals surface area contributed by atoms with Gasteiger partial charge >= 0.3 is 0 Å². The van der Waals surface area contributed by atoms with E-state index in [4.69, 9.17) is 10.2 Å². The number of furan rings is 1. The molecule has 0 fully saturated rings. The molecule has 0 aromatic carbocycles. The van der Waals surface area contributed by atoms with Crippen molar-refractivity contribution in [3.63, 3.8) is 0 Å². The smallest absolute Gasteiger partial charge is 0.244 e. The monoisotopic (exact) mass is 338 g/mol. The summed E-state index contributed by atoms with van der Waals surface area (Å²) in [5, 5.41) is 0. The van der Waals surface area contributed by atoms with Gasteiger partial charge in [0.15, 0.2) is 4.67 Å². The molecule has 1 heterocycles. The van der Waals surface area contributed by atoms with Gasteiger partial charge in [-0.3, -0.25) is 0 Å². The highest BCUT2D eigenvalue weighted by Gasteiger charge is 2.22. The molecule has 0 bridgehead atoms. The minimum Gasteiger partial charge on any atom is -0.452 e. The van der Waals surface area contributed by atoms with Crippen molar-refractivity contribution in [1.29, 1.82) is 0 Å². The van der Waals surface area contributed by atoms with E-state index in [1.54, 1.807) is 0 Å². The van der Waals surface area contributed by atoms with Crippen molar-refractivity contribution >= 4 is 26.0 Å². The molecule has 0 unspecified atom stereocenters. The first kappa shape index (κ1) is 15.7. The molecule has 0 amide bonds. The van der Waals surface area contributed by atoms with Gasteiger partial charge in [0.2, 0.25) is 10.0 Å². The first-order chi connectivity index (χ1) is 8.44. The zero-order valence-electron chi connectivity index (χ0n) is 10.6. The quantitative estimate of drug-likeness (QED) is 0.798. The van der Waals surface area contributed by atoms with E-state index in [-0.39, 0.29) is 16.1 Å². The molecule has 3 N–H and O–H groups in total. The van der Waals surface area contributed by atoms with Gasteiger partial charge in [0.1, 0.15) is 10.7 Å². The number of rotatable bonds is 7. The highest BCUT2D eigenvalue weighted by atomic mass is 79.9. The second-order valence-electron chi connectivity index (χ2n) is 4.09. The molecule has 104 valence electrons. The minimum absolute atomic E-state index is 0.105. The lowest BCUT2D eigenvalue weighted by atomic mass is 10.0. The predicted molar refractivity (Wildman–Crippen MR) is 73.6 cm³/mol. The molecule has 5 nitrogen and oxygen atoms in total. The van der Waals surface area contributed by atoms with E-state index in [9.17, 15) is 8.42 Å². The molecule has 0 aliphatic rings. The van der Waals surface area contributed by atoms with Crippen LogP contribution in [0.25, 0.3) is 0 Å². The third-order valence-corrected chi connectivity index (χ3v) is 5.19. The molecule has 0 spiro atoms. The van der Waals surface area contributed by atoms with Crippen LogP contribution in [-0.2, 0) is 16.6 Å². The third kappa shape index (κ3) is 3.81. The second kappa shape index (κ2) is 6.70. The van der Waals surface area contributed by atoms with E-state index in [2.05, 4.69) is 20.7 Å². The van der Waals surface area contributed by atoms with Crippen LogP contribution in [-0.4, -0.2) is 15.0 Å². The summed E-state index contributed by atoms with van der Waals surface area (Å²) in [5.74, 6) is 0.782. The number of hydrogen-bond donors (Lipinski definition) is 2. The van der Waals surface area contributed by atoms with Crippen LogP contribution in [0, 0.1) is 5.92 Å². The van der Waals surface area contributed by atoms with E-state index in [1.807, 2.05) is 13.8 Å². The van der Waals surface area contributed by atoms with E-state index in [1.165, 1.54) is 6.07 Å². The minimum atomic E-state index is -3.54. The summed E-state index contributed by atoms with van der Waals surface area (Å²) < 4.78 is 32.1. The van der Waals surface area contributed by atoms with Gasteiger partial charge in [-0.2, -0.15) is 0 Å². The molecule has 0 saturated heterocycles. The number of halogens is 1. The van der Waals surface area contributed by atoms with E-state index < -0.39 is 10.0 Å². The van der Waals surface area contributed by atoms with Gasteiger partial charge in [-0.15, -0.1) is 0 Å². The zero-order chi connectivity index (χ0) is 13.8. The summed E-state index contributed by atoms with van der Waals surface area (Å²) in [6.45, 7) is 4.69. The Hall–Kier alpha value is -0.370. The van der Waals surface area contributed by atoms with Crippen LogP contribution in [0.4, 0.5) is 0 Å². The molecule has 1 aromatic rings. The lowest BCUT2D eigenvalue weighted by Crippen LogP contribution is -2.29. The maximum absolute atomic E-state index is 12.1. The van der Waals surface area contributed by atoms with Gasteiger partial charge in [-0.05, 0) is 21.8 Å². The maximum atomic E-state index is 12.1. The maximum Gasteiger partial charge on any atom is 0.244 e. The Morgan fingerprint density at radius 2 is 2.06 bits per heavy atom. The SMILES string of the molecule is CCC(CC)CNS(=O)(=O)c1cc(CN)oc1Br. The lowest BCUT2D eigenvalue weighted by molar-refractivity contribution is 0.473. The second-order valence-corrected chi connectivity index (χ2v) is 6.54. The molecule has 0 radical (unpaired) electrons. The van der Waals surface area contributed by atoms with E-state index in [0.717, 1.165) is 12.8 Å². The van der Waals surface area contributed by atoms with Crippen LogP contribution in [0.5, 0.6) is 0 Å². The largest absolute Gasteiger partial charge is 0.452 e. The van der Waals surface area contributed by atoms with Gasteiger partial charge in [0.25, 0.3) is 0 Å². The van der Waals surface area contributed by atoms with Gasteiger partial charge in [0, 0.05) is 12.6 Å². The van der Waals surface area contributed by atoms with Gasteiger partial charge < -0.3 is 10.2 Å². The molecule has 7 heteroatoms. The Morgan fingerprint density at radius 1 is 1.44 bits per heavy atom. The first-order valence-corrected chi connectivity index (χ1v) is 8.20. The summed E-state index contributed by atoms with van der Waals surface area (Å²) in [4.78, 5) is 0.105. The zero-order valence-corrected chi connectivity index (χ0v) is 13.0. The average Bonchev–Trinajstić information content (AvgIpc) is 2.72. The van der Waals surface area contributed by atoms with Gasteiger partial charge in [-0.1, -0.05) is 26.7 Å². The summed E-state index contributed by atoms with van der Waals surface area (Å²) in [6.07, 6.45) is 1.89. The van der Waals surface area contributed by atoms with Crippen molar-refractivity contribution in [3.8, 4) is 0 Å². The van der Waals surface area contributed by atoms with E-state index >= 15 is 0 Å². The Kier molecular flexibility index (Phi) is 5.84. The van der Waals surface area contributed by atoms with Crippen molar-refractivity contribution in [1.82, 2.24) is 4.72 Å². The lowest BCUT2D eigenvalue weighted by Gasteiger charge is -2.12. The number of hydrogen-bond acceptors (Lipinski definition) is 4. The Bertz CT molecular complexity index is 480. The fourth-order valence-corrected chi connectivity index (χ4v) is 3.68. The highest BCUT2D eigenvalue weighted by Crippen LogP contribution is 2.26. The van der Waals surface area contributed by atoms with Crippen molar-refractivity contribution < 1.29 is 12.8 Å². The summed E-state index contributed by atoms with van der Waals surface area (Å²) in [7, 11) is -3.54. The van der Waals surface area contributed by atoms with Crippen molar-refractivity contribution in [2.45, 2.75) is 38.1 Å². The molecule has 1 rings (SSSR count). The van der Waals surface area contributed by atoms with Crippen molar-refractivity contribution in [2.75, 3.05) is 6.54 Å². The number of nitrogens with one attached hydrogen (secondary N) is 1. The highest BCUT2D eigenvalue weighted by molar-refractivity contribution is 9.10. The van der Waals surface area contributed by atoms with Gasteiger partial charge in [0.05, 0.1) is 6.54 Å². The predicted octanol–water partition coefficient (Wildman–Crippen LogP) is 2.22. The number of sulfonamides is 1. The van der Waals surface area contributed by atoms with Crippen LogP contribution in [0.15, 0.2) is 20.0 Å². The Balaban J connectivity index is 2.82.